The van der Waals surface area contributed by atoms with E-state index in [4.69, 9.17) is 11.6 Å². The molecule has 1 saturated heterocycles. The van der Waals surface area contributed by atoms with Crippen LogP contribution in [-0.2, 0) is 4.79 Å². The van der Waals surface area contributed by atoms with Gasteiger partial charge in [-0.15, -0.1) is 0 Å². The fourth-order valence-corrected chi connectivity index (χ4v) is 3.03. The van der Waals surface area contributed by atoms with Crippen LogP contribution in [0.2, 0.25) is 5.02 Å². The lowest BCUT2D eigenvalue weighted by molar-refractivity contribution is -0.384. The molecule has 0 aliphatic carbocycles. The Kier molecular flexibility index (Phi) is 6.36. The van der Waals surface area contributed by atoms with Crippen LogP contribution in [0.3, 0.4) is 0 Å². The molecule has 0 aromatic heterocycles. The molecule has 1 aromatic carbocycles. The van der Waals surface area contributed by atoms with E-state index in [9.17, 15) is 19.7 Å². The highest BCUT2D eigenvalue weighted by Crippen LogP contribution is 2.25. The Labute approximate surface area is 151 Å². The predicted molar refractivity (Wildman–Crippen MR) is 94.6 cm³/mol. The molecule has 7 nitrogen and oxygen atoms in total. The van der Waals surface area contributed by atoms with E-state index < -0.39 is 16.9 Å². The van der Waals surface area contributed by atoms with Crippen LogP contribution >= 0.6 is 11.6 Å². The Bertz CT molecular complexity index is 672. The number of carbonyl (C=O) groups is 2. The van der Waals surface area contributed by atoms with E-state index in [2.05, 4.69) is 5.32 Å². The first kappa shape index (κ1) is 19.2. The van der Waals surface area contributed by atoms with Gasteiger partial charge in [0.15, 0.2) is 0 Å². The number of likely N-dealkylation sites (tertiary alicyclic amines) is 1. The zero-order valence-corrected chi connectivity index (χ0v) is 15.1. The SMILES string of the molecule is CC(C)C(NC(=O)c1ccc(Cl)c([N+](=O)[O-])c1)C(=O)N1CCCCC1. The van der Waals surface area contributed by atoms with Gasteiger partial charge in [-0.05, 0) is 37.3 Å². The van der Waals surface area contributed by atoms with Crippen LogP contribution in [0.5, 0.6) is 0 Å². The maximum atomic E-state index is 12.7. The molecule has 1 fully saturated rings. The molecule has 1 aliphatic heterocycles. The summed E-state index contributed by atoms with van der Waals surface area (Å²) in [5.41, 5.74) is -0.231. The van der Waals surface area contributed by atoms with Crippen molar-refractivity contribution < 1.29 is 14.5 Å². The number of hydrogen-bond donors (Lipinski definition) is 1. The second-order valence-corrected chi connectivity index (χ2v) is 6.91. The molecule has 2 rings (SSSR count). The van der Waals surface area contributed by atoms with Gasteiger partial charge in [0.2, 0.25) is 5.91 Å². The van der Waals surface area contributed by atoms with Crippen molar-refractivity contribution in [2.45, 2.75) is 39.2 Å². The minimum absolute atomic E-state index is 0.0358. The number of nitrogens with one attached hydrogen (secondary N) is 1. The summed E-state index contributed by atoms with van der Waals surface area (Å²) in [6, 6.07) is 3.18. The van der Waals surface area contributed by atoms with Crippen LogP contribution in [0.25, 0.3) is 0 Å². The Balaban J connectivity index is 2.16. The quantitative estimate of drug-likeness (QED) is 0.639. The lowest BCUT2D eigenvalue weighted by Gasteiger charge is -2.32. The topological polar surface area (TPSA) is 92.5 Å². The molecule has 0 bridgehead atoms. The molecular weight excluding hydrogens is 346 g/mol. The van der Waals surface area contributed by atoms with Crippen molar-refractivity contribution in [3.05, 3.63) is 38.9 Å². The number of rotatable bonds is 5. The predicted octanol–water partition coefficient (Wildman–Crippen LogP) is 3.02. The zero-order chi connectivity index (χ0) is 18.6. The summed E-state index contributed by atoms with van der Waals surface area (Å²) in [5.74, 6) is -0.726. The van der Waals surface area contributed by atoms with E-state index in [1.54, 1.807) is 4.90 Å². The fourth-order valence-electron chi connectivity index (χ4n) is 2.84. The van der Waals surface area contributed by atoms with Gasteiger partial charge in [-0.25, -0.2) is 0 Å². The van der Waals surface area contributed by atoms with Crippen molar-refractivity contribution in [1.82, 2.24) is 10.2 Å². The van der Waals surface area contributed by atoms with Gasteiger partial charge in [0.05, 0.1) is 4.92 Å². The standard InChI is InChI=1S/C17H22ClN3O4/c1-11(2)15(17(23)20-8-4-3-5-9-20)19-16(22)12-6-7-13(18)14(10-12)21(24)25/h6-7,10-11,15H,3-5,8-9H2,1-2H3,(H,19,22). The number of amides is 2. The van der Waals surface area contributed by atoms with Crippen LogP contribution in [0.4, 0.5) is 5.69 Å². The van der Waals surface area contributed by atoms with E-state index in [1.807, 2.05) is 13.8 Å². The number of benzene rings is 1. The molecule has 1 N–H and O–H groups in total. The Hall–Kier alpha value is -2.15. The molecule has 1 unspecified atom stereocenters. The van der Waals surface area contributed by atoms with Gasteiger partial charge >= 0.3 is 0 Å². The number of nitro benzene ring substituents is 1. The van der Waals surface area contributed by atoms with E-state index in [0.29, 0.717) is 13.1 Å². The smallest absolute Gasteiger partial charge is 0.288 e. The third-order valence-electron chi connectivity index (χ3n) is 4.29. The van der Waals surface area contributed by atoms with E-state index >= 15 is 0 Å². The van der Waals surface area contributed by atoms with Crippen LogP contribution < -0.4 is 5.32 Å². The molecule has 2 amide bonds. The highest BCUT2D eigenvalue weighted by atomic mass is 35.5. The summed E-state index contributed by atoms with van der Waals surface area (Å²) in [6.45, 7) is 5.11. The summed E-state index contributed by atoms with van der Waals surface area (Å²) < 4.78 is 0. The monoisotopic (exact) mass is 367 g/mol. The molecule has 25 heavy (non-hydrogen) atoms. The normalized spacial score (nSPS) is 15.8. The van der Waals surface area contributed by atoms with Crippen LogP contribution in [0.15, 0.2) is 18.2 Å². The van der Waals surface area contributed by atoms with E-state index in [0.717, 1.165) is 25.3 Å². The van der Waals surface area contributed by atoms with Gasteiger partial charge in [0.1, 0.15) is 11.1 Å². The number of piperidine rings is 1. The van der Waals surface area contributed by atoms with Crippen molar-refractivity contribution in [2.75, 3.05) is 13.1 Å². The minimum Gasteiger partial charge on any atom is -0.341 e. The Morgan fingerprint density at radius 2 is 1.88 bits per heavy atom. The fraction of sp³-hybridized carbons (Fsp3) is 0.529. The van der Waals surface area contributed by atoms with Crippen LogP contribution in [-0.4, -0.2) is 40.8 Å². The van der Waals surface area contributed by atoms with Crippen molar-refractivity contribution >= 4 is 29.1 Å². The van der Waals surface area contributed by atoms with Crippen LogP contribution in [0.1, 0.15) is 43.5 Å². The Morgan fingerprint density at radius 1 is 1.24 bits per heavy atom. The second-order valence-electron chi connectivity index (χ2n) is 6.50. The maximum absolute atomic E-state index is 12.7. The third-order valence-corrected chi connectivity index (χ3v) is 4.61. The second kappa shape index (κ2) is 8.29. The van der Waals surface area contributed by atoms with Crippen molar-refractivity contribution in [3.63, 3.8) is 0 Å². The van der Waals surface area contributed by atoms with E-state index in [-0.39, 0.29) is 28.1 Å². The lowest BCUT2D eigenvalue weighted by atomic mass is 10.0. The molecular formula is C17H22ClN3O4. The average Bonchev–Trinajstić information content (AvgIpc) is 2.59. The molecule has 1 atom stereocenters. The average molecular weight is 368 g/mol. The van der Waals surface area contributed by atoms with Gasteiger partial charge in [-0.1, -0.05) is 25.4 Å². The number of carbonyl (C=O) groups excluding carboxylic acids is 2. The summed E-state index contributed by atoms with van der Waals surface area (Å²) in [5, 5.41) is 13.7. The first-order valence-corrected chi connectivity index (χ1v) is 8.72. The number of halogens is 1. The Morgan fingerprint density at radius 3 is 2.44 bits per heavy atom. The summed E-state index contributed by atoms with van der Waals surface area (Å²) in [7, 11) is 0. The molecule has 136 valence electrons. The van der Waals surface area contributed by atoms with Crippen molar-refractivity contribution in [1.29, 1.82) is 0 Å². The van der Waals surface area contributed by atoms with Gasteiger partial charge in [0.25, 0.3) is 11.6 Å². The summed E-state index contributed by atoms with van der Waals surface area (Å²) in [6.07, 6.45) is 3.04. The van der Waals surface area contributed by atoms with Gasteiger partial charge in [0, 0.05) is 24.7 Å². The van der Waals surface area contributed by atoms with Crippen molar-refractivity contribution in [3.8, 4) is 0 Å². The largest absolute Gasteiger partial charge is 0.341 e. The van der Waals surface area contributed by atoms with E-state index in [1.165, 1.54) is 12.1 Å². The molecule has 0 saturated carbocycles. The maximum Gasteiger partial charge on any atom is 0.288 e. The molecule has 8 heteroatoms. The first-order valence-electron chi connectivity index (χ1n) is 8.35. The third kappa shape index (κ3) is 4.69. The summed E-state index contributed by atoms with van der Waals surface area (Å²) >= 11 is 5.77. The lowest BCUT2D eigenvalue weighted by Crippen LogP contribution is -2.52. The highest BCUT2D eigenvalue weighted by Gasteiger charge is 2.30. The first-order chi connectivity index (χ1) is 11.8. The van der Waals surface area contributed by atoms with Gasteiger partial charge in [-0.2, -0.15) is 0 Å². The number of nitrogens with zero attached hydrogens (tertiary/aromatic N) is 2. The summed E-state index contributed by atoms with van der Waals surface area (Å²) in [4.78, 5) is 37.3. The van der Waals surface area contributed by atoms with Gasteiger partial charge in [-0.3, -0.25) is 19.7 Å². The molecule has 0 radical (unpaired) electrons. The molecule has 1 aliphatic rings. The molecule has 1 heterocycles. The number of hydrogen-bond acceptors (Lipinski definition) is 4. The highest BCUT2D eigenvalue weighted by molar-refractivity contribution is 6.32. The number of nitro groups is 1. The minimum atomic E-state index is -0.666. The molecule has 1 aromatic rings. The zero-order valence-electron chi connectivity index (χ0n) is 14.3. The van der Waals surface area contributed by atoms with Gasteiger partial charge < -0.3 is 10.2 Å². The van der Waals surface area contributed by atoms with Crippen molar-refractivity contribution in [2.24, 2.45) is 5.92 Å². The van der Waals surface area contributed by atoms with Crippen LogP contribution in [0, 0.1) is 16.0 Å². The molecule has 0 spiro atoms.